The summed E-state index contributed by atoms with van der Waals surface area (Å²) in [5.74, 6) is 0.816. The van der Waals surface area contributed by atoms with E-state index < -0.39 is 0 Å². The predicted molar refractivity (Wildman–Crippen MR) is 102 cm³/mol. The van der Waals surface area contributed by atoms with Crippen LogP contribution in [0.2, 0.25) is 5.02 Å². The molecule has 0 saturated carbocycles. The highest BCUT2D eigenvalue weighted by atomic mass is 35.5. The fraction of sp³-hybridized carbons (Fsp3) is 0.211. The second-order valence-electron chi connectivity index (χ2n) is 5.81. The Kier molecular flexibility index (Phi) is 5.25. The molecule has 0 bridgehead atoms. The Balaban J connectivity index is 1.82. The molecule has 3 aromatic rings. The average Bonchev–Trinajstić information content (AvgIpc) is 2.95. The number of aryl methyl sites for hydroxylation is 1. The predicted octanol–water partition coefficient (Wildman–Crippen LogP) is 4.81. The molecule has 25 heavy (non-hydrogen) atoms. The fourth-order valence-corrected chi connectivity index (χ4v) is 3.65. The van der Waals surface area contributed by atoms with Gasteiger partial charge in [-0.1, -0.05) is 59.8 Å². The smallest absolute Gasteiger partial charge is 0.191 e. The van der Waals surface area contributed by atoms with E-state index in [1.807, 2.05) is 49.7 Å². The van der Waals surface area contributed by atoms with Gasteiger partial charge in [-0.15, -0.1) is 10.2 Å². The number of halogens is 1. The fourth-order valence-electron chi connectivity index (χ4n) is 2.56. The molecule has 2 aromatic carbocycles. The summed E-state index contributed by atoms with van der Waals surface area (Å²) in [6.45, 7) is 3.91. The molecule has 0 spiro atoms. The van der Waals surface area contributed by atoms with Crippen molar-refractivity contribution in [2.45, 2.75) is 24.3 Å². The maximum atomic E-state index is 12.6. The van der Waals surface area contributed by atoms with Crippen molar-refractivity contribution in [3.05, 3.63) is 64.7 Å². The first-order chi connectivity index (χ1) is 12.0. The molecular formula is C19H18ClN3OS. The number of Topliss-reactive ketones (excluding diaryl/α,β-unsaturated/α-hetero) is 1. The summed E-state index contributed by atoms with van der Waals surface area (Å²) >= 11 is 7.38. The standard InChI is InChI=1S/C19H18ClN3OS/c1-12-7-4-5-10-16(12)18-21-22-19(23(18)3)25-13(2)17(24)14-8-6-9-15(20)11-14/h4-11,13H,1-3H3. The van der Waals surface area contributed by atoms with Gasteiger partial charge in [0.25, 0.3) is 0 Å². The molecule has 1 heterocycles. The van der Waals surface area contributed by atoms with Crippen molar-refractivity contribution in [3.8, 4) is 11.4 Å². The van der Waals surface area contributed by atoms with Crippen LogP contribution >= 0.6 is 23.4 Å². The van der Waals surface area contributed by atoms with Gasteiger partial charge in [0.1, 0.15) is 0 Å². The van der Waals surface area contributed by atoms with E-state index in [1.54, 1.807) is 24.3 Å². The highest BCUT2D eigenvalue weighted by Gasteiger charge is 2.21. The average molecular weight is 372 g/mol. The minimum atomic E-state index is -0.286. The molecule has 0 aliphatic heterocycles. The zero-order valence-corrected chi connectivity index (χ0v) is 15.8. The molecule has 0 radical (unpaired) electrons. The van der Waals surface area contributed by atoms with Gasteiger partial charge in [-0.2, -0.15) is 0 Å². The largest absolute Gasteiger partial charge is 0.305 e. The molecule has 6 heteroatoms. The number of ketones is 1. The van der Waals surface area contributed by atoms with Crippen LogP contribution in [0.5, 0.6) is 0 Å². The third-order valence-electron chi connectivity index (χ3n) is 3.98. The van der Waals surface area contributed by atoms with Crippen LogP contribution in [-0.2, 0) is 7.05 Å². The van der Waals surface area contributed by atoms with Gasteiger partial charge in [-0.05, 0) is 31.5 Å². The van der Waals surface area contributed by atoms with Gasteiger partial charge in [-0.25, -0.2) is 0 Å². The minimum Gasteiger partial charge on any atom is -0.305 e. The second kappa shape index (κ2) is 7.42. The van der Waals surface area contributed by atoms with Crippen LogP contribution in [0.15, 0.2) is 53.7 Å². The molecule has 0 N–H and O–H groups in total. The summed E-state index contributed by atoms with van der Waals surface area (Å²) in [5, 5.41) is 9.55. The molecule has 1 aromatic heterocycles. The molecule has 3 rings (SSSR count). The third-order valence-corrected chi connectivity index (χ3v) is 5.35. The summed E-state index contributed by atoms with van der Waals surface area (Å²) in [5.41, 5.74) is 2.78. The molecular weight excluding hydrogens is 354 g/mol. The van der Waals surface area contributed by atoms with Crippen molar-refractivity contribution in [1.82, 2.24) is 14.8 Å². The number of nitrogens with zero attached hydrogens (tertiary/aromatic N) is 3. The van der Waals surface area contributed by atoms with Crippen LogP contribution in [0.3, 0.4) is 0 Å². The maximum absolute atomic E-state index is 12.6. The van der Waals surface area contributed by atoms with Gasteiger partial charge in [0.05, 0.1) is 5.25 Å². The summed E-state index contributed by atoms with van der Waals surface area (Å²) in [6, 6.07) is 15.1. The molecule has 1 atom stereocenters. The normalized spacial score (nSPS) is 12.2. The van der Waals surface area contributed by atoms with E-state index in [-0.39, 0.29) is 11.0 Å². The van der Waals surface area contributed by atoms with Crippen molar-refractivity contribution < 1.29 is 4.79 Å². The second-order valence-corrected chi connectivity index (χ2v) is 7.56. The highest BCUT2D eigenvalue weighted by Crippen LogP contribution is 2.28. The molecule has 0 saturated heterocycles. The number of rotatable bonds is 5. The van der Waals surface area contributed by atoms with Crippen molar-refractivity contribution in [2.24, 2.45) is 7.05 Å². The summed E-state index contributed by atoms with van der Waals surface area (Å²) in [4.78, 5) is 12.6. The lowest BCUT2D eigenvalue weighted by Gasteiger charge is -2.11. The van der Waals surface area contributed by atoms with Crippen LogP contribution < -0.4 is 0 Å². The van der Waals surface area contributed by atoms with E-state index in [9.17, 15) is 4.79 Å². The summed E-state index contributed by atoms with van der Waals surface area (Å²) in [6.07, 6.45) is 0. The van der Waals surface area contributed by atoms with E-state index in [0.29, 0.717) is 15.7 Å². The molecule has 0 amide bonds. The molecule has 1 unspecified atom stereocenters. The van der Waals surface area contributed by atoms with Gasteiger partial charge < -0.3 is 4.57 Å². The molecule has 0 fully saturated rings. The zero-order valence-electron chi connectivity index (χ0n) is 14.2. The van der Waals surface area contributed by atoms with Gasteiger partial charge in [0, 0.05) is 23.2 Å². The van der Waals surface area contributed by atoms with Crippen LogP contribution in [0.1, 0.15) is 22.8 Å². The Bertz CT molecular complexity index is 923. The Morgan fingerprint density at radius 1 is 1.16 bits per heavy atom. The van der Waals surface area contributed by atoms with Crippen LogP contribution in [0.25, 0.3) is 11.4 Å². The third kappa shape index (κ3) is 3.78. The maximum Gasteiger partial charge on any atom is 0.191 e. The first-order valence-corrected chi connectivity index (χ1v) is 9.15. The van der Waals surface area contributed by atoms with E-state index in [1.165, 1.54) is 11.8 Å². The molecule has 4 nitrogen and oxygen atoms in total. The van der Waals surface area contributed by atoms with Gasteiger partial charge >= 0.3 is 0 Å². The summed E-state index contributed by atoms with van der Waals surface area (Å²) < 4.78 is 1.93. The Hall–Kier alpha value is -2.11. The van der Waals surface area contributed by atoms with Crippen molar-refractivity contribution in [2.75, 3.05) is 0 Å². The Morgan fingerprint density at radius 2 is 1.92 bits per heavy atom. The molecule has 0 aliphatic carbocycles. The minimum absolute atomic E-state index is 0.0212. The Morgan fingerprint density at radius 3 is 2.64 bits per heavy atom. The van der Waals surface area contributed by atoms with Crippen LogP contribution in [-0.4, -0.2) is 25.8 Å². The van der Waals surface area contributed by atoms with E-state index in [2.05, 4.69) is 10.2 Å². The lowest BCUT2D eigenvalue weighted by molar-refractivity contribution is 0.0994. The number of carbonyl (C=O) groups is 1. The van der Waals surface area contributed by atoms with Crippen LogP contribution in [0.4, 0.5) is 0 Å². The lowest BCUT2D eigenvalue weighted by atomic mass is 10.1. The summed E-state index contributed by atoms with van der Waals surface area (Å²) in [7, 11) is 1.92. The quantitative estimate of drug-likeness (QED) is 0.477. The number of aromatic nitrogens is 3. The van der Waals surface area contributed by atoms with Gasteiger partial charge in [0.2, 0.25) is 0 Å². The van der Waals surface area contributed by atoms with E-state index in [0.717, 1.165) is 17.0 Å². The number of thioether (sulfide) groups is 1. The number of carbonyl (C=O) groups excluding carboxylic acids is 1. The number of hydrogen-bond acceptors (Lipinski definition) is 4. The highest BCUT2D eigenvalue weighted by molar-refractivity contribution is 8.00. The van der Waals surface area contributed by atoms with Crippen molar-refractivity contribution in [1.29, 1.82) is 0 Å². The van der Waals surface area contributed by atoms with Gasteiger partial charge in [-0.3, -0.25) is 4.79 Å². The monoisotopic (exact) mass is 371 g/mol. The molecule has 128 valence electrons. The lowest BCUT2D eigenvalue weighted by Crippen LogP contribution is -2.14. The van der Waals surface area contributed by atoms with Crippen LogP contribution in [0, 0.1) is 6.92 Å². The Labute approximate surface area is 156 Å². The number of benzene rings is 2. The van der Waals surface area contributed by atoms with E-state index >= 15 is 0 Å². The van der Waals surface area contributed by atoms with Crippen molar-refractivity contribution >= 4 is 29.1 Å². The zero-order chi connectivity index (χ0) is 18.0. The first-order valence-electron chi connectivity index (χ1n) is 7.89. The first kappa shape index (κ1) is 17.7. The number of hydrogen-bond donors (Lipinski definition) is 0. The van der Waals surface area contributed by atoms with Crippen molar-refractivity contribution in [3.63, 3.8) is 0 Å². The van der Waals surface area contributed by atoms with Gasteiger partial charge in [0.15, 0.2) is 16.8 Å². The SMILES string of the molecule is Cc1ccccc1-c1nnc(SC(C)C(=O)c2cccc(Cl)c2)n1C. The molecule has 0 aliphatic rings. The van der Waals surface area contributed by atoms with E-state index in [4.69, 9.17) is 11.6 Å². The topological polar surface area (TPSA) is 47.8 Å².